The first-order valence-corrected chi connectivity index (χ1v) is 9.26. The molecule has 2 aliphatic heterocycles. The normalized spacial score (nSPS) is 26.7. The molecule has 0 amide bonds. The van der Waals surface area contributed by atoms with Gasteiger partial charge in [0.25, 0.3) is 5.56 Å². The van der Waals surface area contributed by atoms with Crippen LogP contribution in [0.5, 0.6) is 5.75 Å². The van der Waals surface area contributed by atoms with E-state index in [9.17, 15) is 15.0 Å². The van der Waals surface area contributed by atoms with Crippen molar-refractivity contribution in [2.24, 2.45) is 0 Å². The van der Waals surface area contributed by atoms with E-state index in [4.69, 9.17) is 29.0 Å². The Kier molecular flexibility index (Phi) is 5.50. The molecule has 3 aromatic rings. The standard InChI is InChI=1S/C10H13N5O5.C5H5O3P/c11-10-13-7-4(8(19)14-10)12-2-15(7)9-6(18)5(17)3(1-16)20-9;1-2-6-5-3-7-9-8-4(1)5/h2-3,5-6,9,16-18H,1H2,(H3,11,13,14,19);1-2,9H,3H2/t3-,5-,6-,9-;/m1./s1. The average molecular weight is 427 g/mol. The van der Waals surface area contributed by atoms with E-state index in [1.165, 1.54) is 10.9 Å². The number of H-pyrrole nitrogens is 1. The van der Waals surface area contributed by atoms with E-state index in [0.29, 0.717) is 6.61 Å². The Morgan fingerprint density at radius 1 is 1.38 bits per heavy atom. The van der Waals surface area contributed by atoms with Gasteiger partial charge in [-0.25, -0.2) is 4.98 Å². The maximum absolute atomic E-state index is 11.7. The zero-order chi connectivity index (χ0) is 20.5. The molecule has 14 heteroatoms. The lowest BCUT2D eigenvalue weighted by molar-refractivity contribution is -0.0511. The minimum atomic E-state index is -1.29. The van der Waals surface area contributed by atoms with Crippen LogP contribution in [0.1, 0.15) is 12.0 Å². The van der Waals surface area contributed by atoms with E-state index in [1.54, 1.807) is 12.3 Å². The van der Waals surface area contributed by atoms with Crippen molar-refractivity contribution < 1.29 is 33.5 Å². The molecule has 5 rings (SSSR count). The number of imidazole rings is 1. The Morgan fingerprint density at radius 3 is 2.93 bits per heavy atom. The van der Waals surface area contributed by atoms with Crippen LogP contribution < -0.4 is 15.8 Å². The van der Waals surface area contributed by atoms with E-state index in [2.05, 4.69) is 15.0 Å². The van der Waals surface area contributed by atoms with Gasteiger partial charge in [-0.3, -0.25) is 14.3 Å². The lowest BCUT2D eigenvalue weighted by Crippen LogP contribution is -2.33. The first kappa shape index (κ1) is 19.8. The summed E-state index contributed by atoms with van der Waals surface area (Å²) in [6, 6.07) is 1.80. The van der Waals surface area contributed by atoms with Gasteiger partial charge >= 0.3 is 0 Å². The summed E-state index contributed by atoms with van der Waals surface area (Å²) >= 11 is 0. The molecule has 1 unspecified atom stereocenters. The van der Waals surface area contributed by atoms with Gasteiger partial charge in [-0.1, -0.05) is 0 Å². The number of aliphatic hydroxyl groups is 3. The van der Waals surface area contributed by atoms with Crippen molar-refractivity contribution in [2.75, 3.05) is 12.3 Å². The highest BCUT2D eigenvalue weighted by atomic mass is 31.1. The number of ether oxygens (including phenoxy) is 1. The Hall–Kier alpha value is -2.54. The van der Waals surface area contributed by atoms with Gasteiger partial charge in [-0.15, -0.1) is 0 Å². The van der Waals surface area contributed by atoms with Crippen LogP contribution in [0.15, 0.2) is 27.9 Å². The quantitative estimate of drug-likeness (QED) is 0.316. The van der Waals surface area contributed by atoms with Crippen LogP contribution in [0, 0.1) is 0 Å². The highest BCUT2D eigenvalue weighted by molar-refractivity contribution is 7.26. The second-order valence-electron chi connectivity index (χ2n) is 6.19. The minimum absolute atomic E-state index is 0.0388. The summed E-state index contributed by atoms with van der Waals surface area (Å²) in [5, 5.41) is 28.7. The van der Waals surface area contributed by atoms with Gasteiger partial charge in [0.05, 0.1) is 19.2 Å². The SMILES string of the molecule is Nc1nc2c(ncn2[C@@H]2O[C@H](CO)[C@@H](O)[C@H]2O)c(=O)[nH]1.c1cc2c(o1)COPO2. The van der Waals surface area contributed by atoms with Crippen molar-refractivity contribution in [1.82, 2.24) is 19.5 Å². The molecule has 13 nitrogen and oxygen atoms in total. The minimum Gasteiger partial charge on any atom is -0.463 e. The predicted molar refractivity (Wildman–Crippen MR) is 98.0 cm³/mol. The van der Waals surface area contributed by atoms with Crippen LogP contribution in [0.3, 0.4) is 0 Å². The molecule has 0 aromatic carbocycles. The van der Waals surface area contributed by atoms with Gasteiger partial charge in [0.2, 0.25) is 15.0 Å². The Balaban J connectivity index is 0.000000188. The Labute approximate surface area is 164 Å². The molecule has 29 heavy (non-hydrogen) atoms. The second kappa shape index (κ2) is 8.06. The van der Waals surface area contributed by atoms with Crippen molar-refractivity contribution in [2.45, 2.75) is 31.1 Å². The molecule has 5 atom stereocenters. The van der Waals surface area contributed by atoms with E-state index in [-0.39, 0.29) is 26.1 Å². The molecule has 0 aliphatic carbocycles. The third kappa shape index (κ3) is 3.71. The number of furan rings is 1. The number of nitrogen functional groups attached to an aromatic ring is 1. The summed E-state index contributed by atoms with van der Waals surface area (Å²) in [5.41, 5.74) is 5.12. The molecule has 0 saturated carbocycles. The van der Waals surface area contributed by atoms with Gasteiger partial charge in [0.1, 0.15) is 24.9 Å². The molecule has 5 heterocycles. The molecule has 0 spiro atoms. The van der Waals surface area contributed by atoms with Crippen LogP contribution in [0.4, 0.5) is 5.95 Å². The number of fused-ring (bicyclic) bond motifs is 2. The van der Waals surface area contributed by atoms with Crippen molar-refractivity contribution in [3.8, 4) is 5.75 Å². The molecule has 156 valence electrons. The van der Waals surface area contributed by atoms with Crippen LogP contribution >= 0.6 is 9.03 Å². The molecule has 0 bridgehead atoms. The highest BCUT2D eigenvalue weighted by Crippen LogP contribution is 2.33. The number of rotatable bonds is 2. The van der Waals surface area contributed by atoms with Gasteiger partial charge in [0, 0.05) is 6.07 Å². The number of aliphatic hydroxyl groups excluding tert-OH is 3. The first-order valence-electron chi connectivity index (χ1n) is 8.44. The van der Waals surface area contributed by atoms with Crippen molar-refractivity contribution in [3.05, 3.63) is 34.8 Å². The van der Waals surface area contributed by atoms with Gasteiger partial charge < -0.3 is 39.3 Å². The average Bonchev–Trinajstić information content (AvgIpc) is 3.41. The number of nitrogens with zero attached hydrogens (tertiary/aromatic N) is 3. The van der Waals surface area contributed by atoms with E-state index in [1.807, 2.05) is 0 Å². The fourth-order valence-corrected chi connectivity index (χ4v) is 3.45. The highest BCUT2D eigenvalue weighted by Gasteiger charge is 2.44. The number of aromatic amines is 1. The van der Waals surface area contributed by atoms with E-state index >= 15 is 0 Å². The third-order valence-corrected chi connectivity index (χ3v) is 4.93. The van der Waals surface area contributed by atoms with Crippen LogP contribution in [-0.4, -0.2) is 59.8 Å². The zero-order valence-corrected chi connectivity index (χ0v) is 15.8. The summed E-state index contributed by atoms with van der Waals surface area (Å²) < 4.78 is 21.7. The fourth-order valence-electron chi connectivity index (χ4n) is 2.93. The van der Waals surface area contributed by atoms with Crippen molar-refractivity contribution >= 4 is 26.1 Å². The smallest absolute Gasteiger partial charge is 0.280 e. The summed E-state index contributed by atoms with van der Waals surface area (Å²) in [7, 11) is 0.126. The maximum atomic E-state index is 11.7. The molecule has 0 radical (unpaired) electrons. The van der Waals surface area contributed by atoms with E-state index < -0.39 is 36.7 Å². The van der Waals surface area contributed by atoms with Crippen LogP contribution in [0.2, 0.25) is 0 Å². The monoisotopic (exact) mass is 427 g/mol. The molecular weight excluding hydrogens is 409 g/mol. The number of hydrogen-bond donors (Lipinski definition) is 5. The molecule has 2 aliphatic rings. The topological polar surface area (TPSA) is 191 Å². The van der Waals surface area contributed by atoms with Gasteiger partial charge in [-0.2, -0.15) is 4.98 Å². The second-order valence-corrected chi connectivity index (χ2v) is 6.85. The zero-order valence-electron chi connectivity index (χ0n) is 14.8. The largest absolute Gasteiger partial charge is 0.463 e. The third-order valence-electron chi connectivity index (χ3n) is 4.36. The summed E-state index contributed by atoms with van der Waals surface area (Å²) in [4.78, 5) is 21.8. The van der Waals surface area contributed by atoms with Crippen LogP contribution in [-0.2, 0) is 15.9 Å². The van der Waals surface area contributed by atoms with E-state index in [0.717, 1.165) is 11.5 Å². The van der Waals surface area contributed by atoms with Crippen LogP contribution in [0.25, 0.3) is 11.2 Å². The Bertz CT molecular complexity index is 1030. The lowest BCUT2D eigenvalue weighted by atomic mass is 10.1. The number of hydrogen-bond acceptors (Lipinski definition) is 11. The molecular formula is C15H18N5O8P. The maximum Gasteiger partial charge on any atom is 0.280 e. The van der Waals surface area contributed by atoms with Gasteiger partial charge in [0.15, 0.2) is 28.9 Å². The molecule has 3 aromatic heterocycles. The lowest BCUT2D eigenvalue weighted by Gasteiger charge is -2.16. The molecule has 6 N–H and O–H groups in total. The molecule has 1 saturated heterocycles. The number of anilines is 1. The summed E-state index contributed by atoms with van der Waals surface area (Å²) in [6.45, 7) is 0.0955. The first-order chi connectivity index (χ1) is 14.0. The number of nitrogens with two attached hydrogens (primary N) is 1. The van der Waals surface area contributed by atoms with Gasteiger partial charge in [-0.05, 0) is 0 Å². The fraction of sp³-hybridized carbons (Fsp3) is 0.400. The predicted octanol–water partition coefficient (Wildman–Crippen LogP) is -0.990. The Morgan fingerprint density at radius 2 is 2.21 bits per heavy atom. The molecule has 1 fully saturated rings. The number of nitrogens with one attached hydrogen (secondary N) is 1. The van der Waals surface area contributed by atoms with Crippen molar-refractivity contribution in [3.63, 3.8) is 0 Å². The van der Waals surface area contributed by atoms with Crippen molar-refractivity contribution in [1.29, 1.82) is 0 Å². The summed E-state index contributed by atoms with van der Waals surface area (Å²) in [6.07, 6.45) is -1.61. The summed E-state index contributed by atoms with van der Waals surface area (Å²) in [5.74, 6) is 1.50. The number of aromatic nitrogens is 4.